The molecule has 1 N–H and O–H groups in total. The first-order valence-corrected chi connectivity index (χ1v) is 19.0. The summed E-state index contributed by atoms with van der Waals surface area (Å²) < 4.78 is 14.5. The highest BCUT2D eigenvalue weighted by Crippen LogP contribution is 2.42. The van der Waals surface area contributed by atoms with Crippen LogP contribution in [-0.2, 0) is 14.3 Å². The molecule has 52 heavy (non-hydrogen) atoms. The summed E-state index contributed by atoms with van der Waals surface area (Å²) in [5, 5.41) is 11.4. The van der Waals surface area contributed by atoms with Crippen molar-refractivity contribution < 1.29 is 24.0 Å². The van der Waals surface area contributed by atoms with Gasteiger partial charge in [0.05, 0.1) is 23.3 Å². The fraction of sp³-hybridized carbons (Fsp3) is 0.391. The number of ether oxygens (including phenoxy) is 2. The van der Waals surface area contributed by atoms with E-state index in [9.17, 15) is 9.90 Å². The third kappa shape index (κ3) is 6.75. The number of rotatable bonds is 8. The fourth-order valence-corrected chi connectivity index (χ4v) is 8.98. The number of carbonyl (C=O) groups is 1. The predicted octanol–water partition coefficient (Wildman–Crippen LogP) is 10.0. The van der Waals surface area contributed by atoms with E-state index in [4.69, 9.17) is 9.47 Å². The highest BCUT2D eigenvalue weighted by atomic mass is 16.5. The molecule has 3 aromatic rings. The number of ketones is 1. The summed E-state index contributed by atoms with van der Waals surface area (Å²) in [6.45, 7) is 8.59. The molecule has 4 aliphatic carbocycles. The van der Waals surface area contributed by atoms with E-state index in [1.165, 1.54) is 46.5 Å². The molecular weight excluding hydrogens is 645 g/mol. The Hall–Kier alpha value is -4.52. The minimum atomic E-state index is -0.131. The Labute approximate surface area is 309 Å². The quantitative estimate of drug-likeness (QED) is 0.188. The van der Waals surface area contributed by atoms with Crippen molar-refractivity contribution in [3.63, 3.8) is 0 Å². The Kier molecular flexibility index (Phi) is 10.5. The van der Waals surface area contributed by atoms with Crippen molar-refractivity contribution in [3.05, 3.63) is 130 Å². The van der Waals surface area contributed by atoms with Crippen molar-refractivity contribution in [1.82, 2.24) is 0 Å². The molecule has 7 rings (SSSR count). The molecule has 270 valence electrons. The van der Waals surface area contributed by atoms with Gasteiger partial charge in [0.25, 0.3) is 0 Å². The zero-order valence-corrected chi connectivity index (χ0v) is 31.6. The van der Waals surface area contributed by atoms with Crippen LogP contribution in [0.3, 0.4) is 0 Å². The number of nitrogens with zero attached hydrogens (tertiary/aromatic N) is 2. The van der Waals surface area contributed by atoms with Crippen molar-refractivity contribution in [3.8, 4) is 0 Å². The van der Waals surface area contributed by atoms with Gasteiger partial charge in [0, 0.05) is 55.8 Å². The predicted molar refractivity (Wildman–Crippen MR) is 211 cm³/mol. The van der Waals surface area contributed by atoms with E-state index < -0.39 is 0 Å². The molecule has 0 heterocycles. The van der Waals surface area contributed by atoms with Crippen LogP contribution in [0.15, 0.2) is 102 Å². The van der Waals surface area contributed by atoms with Gasteiger partial charge < -0.3 is 19.5 Å². The Bertz CT molecular complexity index is 2000. The molecule has 0 spiro atoms. The van der Waals surface area contributed by atoms with Crippen LogP contribution in [-0.4, -0.2) is 59.7 Å². The van der Waals surface area contributed by atoms with E-state index in [0.29, 0.717) is 11.1 Å². The molecule has 4 unspecified atom stereocenters. The van der Waals surface area contributed by atoms with Crippen molar-refractivity contribution in [2.45, 2.75) is 103 Å². The third-order valence-electron chi connectivity index (χ3n) is 11.6. The first-order chi connectivity index (χ1) is 25.2. The standard InChI is InChI=1S/C46H52N2O4/c1-29-15-25-37(31(3)27-29)47(39-11-7-9-13-41(39)51-5)35-21-17-33(18-22-35)43-45(49)44(46(43)50)34-19-23-36(24-20-34)48(38-26-16-30(2)28-32(38)4)40-12-8-10-14-42(40)52-6/h15-28,39-42H,7-14H2,1-6H3/p+1. The normalized spacial score (nSPS) is 23.3. The monoisotopic (exact) mass is 697 g/mol. The third-order valence-corrected chi connectivity index (χ3v) is 11.6. The van der Waals surface area contributed by atoms with E-state index in [2.05, 4.69) is 97.9 Å². The lowest BCUT2D eigenvalue weighted by atomic mass is 9.80. The molecule has 6 nitrogen and oxygen atoms in total. The molecule has 0 radical (unpaired) electrons. The number of Topliss-reactive ketones (excluding diaryl/α,β-unsaturated/α-hetero) is 1. The van der Waals surface area contributed by atoms with Gasteiger partial charge in [-0.2, -0.15) is 4.58 Å². The summed E-state index contributed by atoms with van der Waals surface area (Å²) in [5.74, 6) is -0.0737. The van der Waals surface area contributed by atoms with Crippen molar-refractivity contribution in [2.24, 2.45) is 0 Å². The van der Waals surface area contributed by atoms with Crippen LogP contribution < -0.4 is 4.90 Å². The molecule has 6 heteroatoms. The van der Waals surface area contributed by atoms with Crippen LogP contribution in [0, 0.1) is 27.7 Å². The molecule has 0 amide bonds. The second-order valence-electron chi connectivity index (χ2n) is 15.1. The smallest absolute Gasteiger partial charge is 0.208 e. The molecule has 4 atom stereocenters. The lowest BCUT2D eigenvalue weighted by Crippen LogP contribution is -2.44. The summed E-state index contributed by atoms with van der Waals surface area (Å²) in [5.41, 5.74) is 11.6. The van der Waals surface area contributed by atoms with Crippen molar-refractivity contribution in [1.29, 1.82) is 0 Å². The average molecular weight is 698 g/mol. The zero-order valence-electron chi connectivity index (χ0n) is 31.6. The number of aliphatic hydroxyl groups is 1. The molecule has 3 aromatic carbocycles. The second-order valence-corrected chi connectivity index (χ2v) is 15.1. The van der Waals surface area contributed by atoms with Crippen LogP contribution in [0.2, 0.25) is 0 Å². The van der Waals surface area contributed by atoms with Crippen LogP contribution in [0.1, 0.15) is 79.2 Å². The summed E-state index contributed by atoms with van der Waals surface area (Å²) >= 11 is 0. The van der Waals surface area contributed by atoms with Crippen molar-refractivity contribution >= 4 is 34.1 Å². The van der Waals surface area contributed by atoms with E-state index in [-0.39, 0.29) is 35.8 Å². The van der Waals surface area contributed by atoms with Crippen LogP contribution >= 0.6 is 0 Å². The zero-order chi connectivity index (χ0) is 36.5. The molecular formula is C46H53N2O4+. The minimum Gasteiger partial charge on any atom is -0.506 e. The number of methoxy groups -OCH3 is 2. The molecule has 2 fully saturated rings. The van der Waals surface area contributed by atoms with Gasteiger partial charge in [-0.1, -0.05) is 60.7 Å². The maximum absolute atomic E-state index is 13.8. The Morgan fingerprint density at radius 2 is 1.31 bits per heavy atom. The van der Waals surface area contributed by atoms with Gasteiger partial charge in [0.1, 0.15) is 11.9 Å². The number of aryl methyl sites for hydroxylation is 4. The Morgan fingerprint density at radius 1 is 0.692 bits per heavy atom. The van der Waals surface area contributed by atoms with Crippen molar-refractivity contribution in [2.75, 3.05) is 19.1 Å². The maximum atomic E-state index is 13.8. The van der Waals surface area contributed by atoms with Gasteiger partial charge in [-0.3, -0.25) is 4.79 Å². The number of allylic oxidation sites excluding steroid dienone is 7. The summed E-state index contributed by atoms with van der Waals surface area (Å²) in [7, 11) is 3.64. The minimum absolute atomic E-state index is 0.0569. The number of carbonyl (C=O) groups excluding carboxylic acids is 1. The molecule has 4 aliphatic rings. The Balaban J connectivity index is 1.20. The maximum Gasteiger partial charge on any atom is 0.208 e. The van der Waals surface area contributed by atoms with Gasteiger partial charge in [-0.15, -0.1) is 0 Å². The number of benzene rings is 3. The lowest BCUT2D eigenvalue weighted by Gasteiger charge is -2.41. The summed E-state index contributed by atoms with van der Waals surface area (Å²) in [4.78, 5) is 16.2. The van der Waals surface area contributed by atoms with Crippen LogP contribution in [0.4, 0.5) is 17.1 Å². The van der Waals surface area contributed by atoms with Gasteiger partial charge in [-0.25, -0.2) is 0 Å². The number of hydrogen-bond donors (Lipinski definition) is 1. The number of anilines is 2. The fourth-order valence-electron chi connectivity index (χ4n) is 8.98. The van der Waals surface area contributed by atoms with E-state index in [1.54, 1.807) is 0 Å². The topological polar surface area (TPSA) is 62.0 Å². The molecule has 0 aliphatic heterocycles. The van der Waals surface area contributed by atoms with E-state index in [1.807, 2.05) is 38.5 Å². The lowest BCUT2D eigenvalue weighted by molar-refractivity contribution is -0.502. The van der Waals surface area contributed by atoms with Gasteiger partial charge in [0.2, 0.25) is 17.2 Å². The van der Waals surface area contributed by atoms with Gasteiger partial charge in [0.15, 0.2) is 6.04 Å². The average Bonchev–Trinajstić information content (AvgIpc) is 3.15. The molecule has 2 saturated carbocycles. The first-order valence-electron chi connectivity index (χ1n) is 19.0. The SMILES string of the molecule is COC1CCCCC1N(c1ccc(C2=C(O)C(=C3C=CC(=[N+](c4ccc(C)cc4C)C4CCCCC4OC)C=C3)C2=O)cc1)c1ccc(C)cc1C. The highest BCUT2D eigenvalue weighted by molar-refractivity contribution is 6.39. The number of hydrogen-bond acceptors (Lipinski definition) is 5. The van der Waals surface area contributed by atoms with Gasteiger partial charge >= 0.3 is 0 Å². The first kappa shape index (κ1) is 35.9. The molecule has 0 bridgehead atoms. The summed E-state index contributed by atoms with van der Waals surface area (Å²) in [6, 6.07) is 21.7. The Morgan fingerprint density at radius 3 is 1.94 bits per heavy atom. The molecule has 0 saturated heterocycles. The van der Waals surface area contributed by atoms with Crippen LogP contribution in [0.25, 0.3) is 5.57 Å². The van der Waals surface area contributed by atoms with Crippen LogP contribution in [0.5, 0.6) is 0 Å². The molecule has 0 aromatic heterocycles. The van der Waals surface area contributed by atoms with Gasteiger partial charge in [-0.05, 0) is 106 Å². The van der Waals surface area contributed by atoms with E-state index >= 15 is 0 Å². The van der Waals surface area contributed by atoms with E-state index in [0.717, 1.165) is 61.1 Å². The highest BCUT2D eigenvalue weighted by Gasteiger charge is 2.39. The number of aliphatic hydroxyl groups excluding tert-OH is 1. The largest absolute Gasteiger partial charge is 0.506 e. The second kappa shape index (κ2) is 15.2. The summed E-state index contributed by atoms with van der Waals surface area (Å²) in [6.07, 6.45) is 17.2.